The molecule has 36 heavy (non-hydrogen) atoms. The van der Waals surface area contributed by atoms with Gasteiger partial charge >= 0.3 is 0 Å². The smallest absolute Gasteiger partial charge is 0.253 e. The molecule has 1 heterocycles. The maximum Gasteiger partial charge on any atom is 0.253 e. The van der Waals surface area contributed by atoms with Gasteiger partial charge in [-0.05, 0) is 71.5 Å². The van der Waals surface area contributed by atoms with E-state index in [9.17, 15) is 13.6 Å². The van der Waals surface area contributed by atoms with Gasteiger partial charge in [0.1, 0.15) is 17.4 Å². The van der Waals surface area contributed by atoms with Gasteiger partial charge in [-0.2, -0.15) is 0 Å². The Bertz CT molecular complexity index is 1170. The van der Waals surface area contributed by atoms with Gasteiger partial charge < -0.3 is 9.64 Å². The van der Waals surface area contributed by atoms with Gasteiger partial charge in [0.25, 0.3) is 5.91 Å². The Balaban J connectivity index is 1.60. The van der Waals surface area contributed by atoms with Crippen LogP contribution in [-0.2, 0) is 6.54 Å². The number of likely N-dealkylation sites (tertiary alicyclic amines) is 1. The van der Waals surface area contributed by atoms with Crippen molar-refractivity contribution in [3.8, 4) is 5.75 Å². The summed E-state index contributed by atoms with van der Waals surface area (Å²) in [6, 6.07) is 20.6. The Labute approximate surface area is 212 Å². The van der Waals surface area contributed by atoms with Crippen LogP contribution in [0.2, 0.25) is 0 Å². The number of benzene rings is 3. The first kappa shape index (κ1) is 25.8. The minimum absolute atomic E-state index is 0.0864. The lowest BCUT2D eigenvalue weighted by Gasteiger charge is -2.30. The van der Waals surface area contributed by atoms with E-state index in [1.54, 1.807) is 31.4 Å². The molecular weight excluding hydrogens is 458 g/mol. The Kier molecular flexibility index (Phi) is 8.36. The summed E-state index contributed by atoms with van der Waals surface area (Å²) in [5.41, 5.74) is 2.59. The average Bonchev–Trinajstić information content (AvgIpc) is 3.25. The lowest BCUT2D eigenvalue weighted by molar-refractivity contribution is 0.0703. The maximum absolute atomic E-state index is 13.8. The van der Waals surface area contributed by atoms with Gasteiger partial charge in [-0.1, -0.05) is 38.1 Å². The lowest BCUT2D eigenvalue weighted by atomic mass is 9.88. The third-order valence-electron chi connectivity index (χ3n) is 6.75. The monoisotopic (exact) mass is 492 g/mol. The molecule has 1 fully saturated rings. The van der Waals surface area contributed by atoms with E-state index in [1.165, 1.54) is 23.8 Å². The number of amides is 1. The molecule has 3 aromatic rings. The van der Waals surface area contributed by atoms with Crippen LogP contribution in [-0.4, -0.2) is 49.0 Å². The molecule has 0 radical (unpaired) electrons. The molecule has 0 aliphatic carbocycles. The molecule has 1 saturated heterocycles. The van der Waals surface area contributed by atoms with Crippen molar-refractivity contribution in [2.75, 3.05) is 33.3 Å². The quantitative estimate of drug-likeness (QED) is 0.368. The normalized spacial score (nSPS) is 17.9. The van der Waals surface area contributed by atoms with Crippen LogP contribution >= 0.6 is 0 Å². The summed E-state index contributed by atoms with van der Waals surface area (Å²) in [4.78, 5) is 17.7. The van der Waals surface area contributed by atoms with Gasteiger partial charge in [0.05, 0.1) is 7.11 Å². The highest BCUT2D eigenvalue weighted by Crippen LogP contribution is 2.36. The second-order valence-corrected chi connectivity index (χ2v) is 10.1. The first-order valence-corrected chi connectivity index (χ1v) is 12.5. The van der Waals surface area contributed by atoms with Gasteiger partial charge in [0.15, 0.2) is 0 Å². The second kappa shape index (κ2) is 11.7. The first-order valence-electron chi connectivity index (χ1n) is 12.5. The van der Waals surface area contributed by atoms with E-state index in [4.69, 9.17) is 4.74 Å². The van der Waals surface area contributed by atoms with Gasteiger partial charge in [0, 0.05) is 44.2 Å². The van der Waals surface area contributed by atoms with Gasteiger partial charge in [-0.15, -0.1) is 0 Å². The van der Waals surface area contributed by atoms with E-state index < -0.39 is 0 Å². The molecular formula is C30H34F2N2O2. The Morgan fingerprint density at radius 3 is 2.44 bits per heavy atom. The fourth-order valence-electron chi connectivity index (χ4n) is 5.16. The van der Waals surface area contributed by atoms with Crippen LogP contribution in [0.3, 0.4) is 0 Å². The molecule has 1 aliphatic heterocycles. The average molecular weight is 493 g/mol. The van der Waals surface area contributed by atoms with Crippen molar-refractivity contribution < 1.29 is 18.3 Å². The van der Waals surface area contributed by atoms with Crippen LogP contribution in [0, 0.1) is 23.5 Å². The maximum atomic E-state index is 13.8. The zero-order valence-electron chi connectivity index (χ0n) is 21.2. The fourth-order valence-corrected chi connectivity index (χ4v) is 5.16. The third-order valence-corrected chi connectivity index (χ3v) is 6.75. The van der Waals surface area contributed by atoms with Crippen molar-refractivity contribution in [2.45, 2.75) is 26.3 Å². The second-order valence-electron chi connectivity index (χ2n) is 10.1. The van der Waals surface area contributed by atoms with Crippen LogP contribution < -0.4 is 4.74 Å². The first-order chi connectivity index (χ1) is 17.3. The van der Waals surface area contributed by atoms with Crippen molar-refractivity contribution in [1.29, 1.82) is 0 Å². The standard InChI is InChI=1S/C30H34F2N2O2/c1-21(2)16-34(30(35)23-10-12-26(31)13-11-23)19-25-18-33(17-22-6-4-8-27(32)14-22)20-29(25)24-7-5-9-28(15-24)36-3/h4-15,21,25,29H,16-20H2,1-3H3. The number of methoxy groups -OCH3 is 1. The topological polar surface area (TPSA) is 32.8 Å². The van der Waals surface area contributed by atoms with Gasteiger partial charge in [-0.3, -0.25) is 9.69 Å². The highest BCUT2D eigenvalue weighted by atomic mass is 19.1. The van der Waals surface area contributed by atoms with Crippen LogP contribution in [0.15, 0.2) is 72.8 Å². The summed E-state index contributed by atoms with van der Waals surface area (Å²) in [7, 11) is 1.66. The van der Waals surface area contributed by atoms with Crippen molar-refractivity contribution in [2.24, 2.45) is 11.8 Å². The summed E-state index contributed by atoms with van der Waals surface area (Å²) in [5.74, 6) is 0.768. The van der Waals surface area contributed by atoms with E-state index in [2.05, 4.69) is 30.9 Å². The molecule has 3 aromatic carbocycles. The molecule has 190 valence electrons. The zero-order chi connectivity index (χ0) is 25.7. The van der Waals surface area contributed by atoms with Crippen LogP contribution in [0.5, 0.6) is 5.75 Å². The van der Waals surface area contributed by atoms with E-state index in [1.807, 2.05) is 23.1 Å². The molecule has 0 spiro atoms. The number of ether oxygens (including phenoxy) is 1. The molecule has 0 N–H and O–H groups in total. The molecule has 0 bridgehead atoms. The van der Waals surface area contributed by atoms with Gasteiger partial charge in [-0.25, -0.2) is 8.78 Å². The largest absolute Gasteiger partial charge is 0.497 e. The van der Waals surface area contributed by atoms with Crippen molar-refractivity contribution in [1.82, 2.24) is 9.80 Å². The number of carbonyl (C=O) groups is 1. The third kappa shape index (κ3) is 6.49. The predicted molar refractivity (Wildman–Crippen MR) is 138 cm³/mol. The SMILES string of the molecule is COc1cccc(C2CN(Cc3cccc(F)c3)CC2CN(CC(C)C)C(=O)c2ccc(F)cc2)c1. The Morgan fingerprint density at radius 1 is 1.00 bits per heavy atom. The van der Waals surface area contributed by atoms with Crippen LogP contribution in [0.1, 0.15) is 41.3 Å². The van der Waals surface area contributed by atoms with E-state index in [0.717, 1.165) is 24.4 Å². The molecule has 1 amide bonds. The number of carbonyl (C=O) groups excluding carboxylic acids is 1. The fraction of sp³-hybridized carbons (Fsp3) is 0.367. The van der Waals surface area contributed by atoms with Crippen LogP contribution in [0.4, 0.5) is 8.78 Å². The number of nitrogens with zero attached hydrogens (tertiary/aromatic N) is 2. The summed E-state index contributed by atoms with van der Waals surface area (Å²) in [5, 5.41) is 0. The number of hydrogen-bond donors (Lipinski definition) is 0. The summed E-state index contributed by atoms with van der Waals surface area (Å²) < 4.78 is 32.8. The summed E-state index contributed by atoms with van der Waals surface area (Å²) >= 11 is 0. The van der Waals surface area contributed by atoms with E-state index >= 15 is 0 Å². The molecule has 1 aliphatic rings. The molecule has 0 aromatic heterocycles. The van der Waals surface area contributed by atoms with E-state index in [0.29, 0.717) is 25.2 Å². The number of halogens is 2. The lowest BCUT2D eigenvalue weighted by Crippen LogP contribution is -2.39. The number of rotatable bonds is 9. The van der Waals surface area contributed by atoms with Crippen molar-refractivity contribution in [3.05, 3.63) is 101 Å². The summed E-state index contributed by atoms with van der Waals surface area (Å²) in [6.07, 6.45) is 0. The van der Waals surface area contributed by atoms with Crippen LogP contribution in [0.25, 0.3) is 0 Å². The van der Waals surface area contributed by atoms with Crippen molar-refractivity contribution in [3.63, 3.8) is 0 Å². The minimum Gasteiger partial charge on any atom is -0.497 e. The molecule has 0 saturated carbocycles. The van der Waals surface area contributed by atoms with E-state index in [-0.39, 0.29) is 35.3 Å². The molecule has 6 heteroatoms. The Hall–Kier alpha value is -3.25. The minimum atomic E-state index is -0.358. The molecule has 4 nitrogen and oxygen atoms in total. The zero-order valence-corrected chi connectivity index (χ0v) is 21.2. The van der Waals surface area contributed by atoms with Crippen molar-refractivity contribution >= 4 is 5.91 Å². The molecule has 2 unspecified atom stereocenters. The predicted octanol–water partition coefficient (Wildman–Crippen LogP) is 5.99. The molecule has 4 rings (SSSR count). The number of hydrogen-bond acceptors (Lipinski definition) is 3. The highest BCUT2D eigenvalue weighted by molar-refractivity contribution is 5.94. The van der Waals surface area contributed by atoms with Gasteiger partial charge in [0.2, 0.25) is 0 Å². The summed E-state index contributed by atoms with van der Waals surface area (Å²) in [6.45, 7) is 7.60. The Morgan fingerprint density at radius 2 is 1.75 bits per heavy atom. The highest BCUT2D eigenvalue weighted by Gasteiger charge is 2.36. The molecule has 2 atom stereocenters.